The Morgan fingerprint density at radius 3 is 2.89 bits per heavy atom. The topological polar surface area (TPSA) is 75.1 Å². The first kappa shape index (κ1) is 17.5. The van der Waals surface area contributed by atoms with Crippen molar-refractivity contribution in [3.05, 3.63) is 18.3 Å². The highest BCUT2D eigenvalue weighted by molar-refractivity contribution is 5.98. The normalized spacial score (nSPS) is 20.2. The average molecular weight is 381 g/mol. The van der Waals surface area contributed by atoms with E-state index in [9.17, 15) is 0 Å². The van der Waals surface area contributed by atoms with Gasteiger partial charge in [-0.25, -0.2) is 4.98 Å². The van der Waals surface area contributed by atoms with Crippen molar-refractivity contribution >= 4 is 22.5 Å². The zero-order chi connectivity index (χ0) is 19.3. The molecular weight excluding hydrogens is 354 g/mol. The average Bonchev–Trinajstić information content (AvgIpc) is 3.28. The molecule has 0 saturated carbocycles. The highest BCUT2D eigenvalue weighted by Gasteiger charge is 2.28. The van der Waals surface area contributed by atoms with E-state index in [0.717, 1.165) is 67.5 Å². The minimum absolute atomic E-state index is 0.299. The fourth-order valence-corrected chi connectivity index (χ4v) is 4.36. The Kier molecular flexibility index (Phi) is 4.23. The Bertz CT molecular complexity index is 978. The summed E-state index contributed by atoms with van der Waals surface area (Å²) < 4.78 is 7.77. The fourth-order valence-electron chi connectivity index (χ4n) is 4.36. The second-order valence-corrected chi connectivity index (χ2v) is 7.99. The van der Waals surface area contributed by atoms with Gasteiger partial charge in [0.25, 0.3) is 0 Å². The lowest BCUT2D eigenvalue weighted by atomic mass is 10.1. The van der Waals surface area contributed by atoms with Crippen LogP contribution in [0.5, 0.6) is 0 Å². The van der Waals surface area contributed by atoms with Crippen molar-refractivity contribution in [2.75, 3.05) is 36.1 Å². The van der Waals surface area contributed by atoms with Crippen LogP contribution in [0.15, 0.2) is 18.3 Å². The van der Waals surface area contributed by atoms with E-state index < -0.39 is 0 Å². The molecule has 8 nitrogen and oxygen atoms in total. The van der Waals surface area contributed by atoms with Crippen LogP contribution in [0.4, 0.5) is 11.5 Å². The van der Waals surface area contributed by atoms with Gasteiger partial charge in [0.1, 0.15) is 28.2 Å². The first-order valence-corrected chi connectivity index (χ1v) is 10.2. The molecule has 2 aliphatic heterocycles. The van der Waals surface area contributed by atoms with Crippen molar-refractivity contribution in [2.24, 2.45) is 0 Å². The van der Waals surface area contributed by atoms with E-state index >= 15 is 0 Å². The molecule has 0 amide bonds. The predicted molar refractivity (Wildman–Crippen MR) is 110 cm³/mol. The predicted octanol–water partition coefficient (Wildman–Crippen LogP) is 2.67. The highest BCUT2D eigenvalue weighted by Crippen LogP contribution is 2.38. The van der Waals surface area contributed by atoms with Gasteiger partial charge < -0.3 is 14.5 Å². The van der Waals surface area contributed by atoms with E-state index in [1.807, 2.05) is 12.3 Å². The van der Waals surface area contributed by atoms with Crippen LogP contribution in [0, 0.1) is 0 Å². The molecule has 3 aromatic rings. The number of hydrogen-bond donors (Lipinski definition) is 1. The minimum atomic E-state index is 0.299. The summed E-state index contributed by atoms with van der Waals surface area (Å²) in [6.45, 7) is 10.9. The molecule has 0 aromatic carbocycles. The van der Waals surface area contributed by atoms with E-state index in [4.69, 9.17) is 14.8 Å². The van der Waals surface area contributed by atoms with Crippen molar-refractivity contribution in [1.29, 1.82) is 0 Å². The number of nitrogens with zero attached hydrogens (tertiary/aromatic N) is 6. The second-order valence-electron chi connectivity index (χ2n) is 7.99. The Morgan fingerprint density at radius 1 is 1.25 bits per heavy atom. The van der Waals surface area contributed by atoms with Crippen LogP contribution >= 0.6 is 0 Å². The lowest BCUT2D eigenvalue weighted by Crippen LogP contribution is -2.44. The molecule has 148 valence electrons. The third-order valence-corrected chi connectivity index (χ3v) is 5.77. The lowest BCUT2D eigenvalue weighted by molar-refractivity contribution is 0.0986. The summed E-state index contributed by atoms with van der Waals surface area (Å²) in [7, 11) is 0. The van der Waals surface area contributed by atoms with Crippen LogP contribution in [0.3, 0.4) is 0 Å². The Hall–Kier alpha value is -2.61. The van der Waals surface area contributed by atoms with E-state index in [1.54, 1.807) is 0 Å². The van der Waals surface area contributed by atoms with Crippen LogP contribution < -0.4 is 9.80 Å². The van der Waals surface area contributed by atoms with Crippen molar-refractivity contribution in [2.45, 2.75) is 45.8 Å². The fraction of sp³-hybridized carbons (Fsp3) is 0.550. The molecule has 3 aromatic heterocycles. The molecular formula is C20H27N7O. The van der Waals surface area contributed by atoms with Gasteiger partial charge in [-0.1, -0.05) is 0 Å². The van der Waals surface area contributed by atoms with Crippen molar-refractivity contribution in [3.63, 3.8) is 0 Å². The molecule has 2 aliphatic rings. The van der Waals surface area contributed by atoms with Gasteiger partial charge in [-0.3, -0.25) is 9.78 Å². The third-order valence-electron chi connectivity index (χ3n) is 5.77. The van der Waals surface area contributed by atoms with E-state index in [2.05, 4.69) is 51.5 Å². The van der Waals surface area contributed by atoms with Gasteiger partial charge in [-0.05, 0) is 33.3 Å². The number of aryl methyl sites for hydroxylation is 1. The summed E-state index contributed by atoms with van der Waals surface area (Å²) >= 11 is 0. The number of aromatic nitrogens is 5. The molecule has 1 saturated heterocycles. The Morgan fingerprint density at radius 2 is 2.14 bits per heavy atom. The minimum Gasteiger partial charge on any atom is -0.377 e. The van der Waals surface area contributed by atoms with E-state index in [0.29, 0.717) is 12.1 Å². The first-order chi connectivity index (χ1) is 13.6. The summed E-state index contributed by atoms with van der Waals surface area (Å²) in [5.41, 5.74) is 4.97. The van der Waals surface area contributed by atoms with Crippen LogP contribution in [0.2, 0.25) is 0 Å². The van der Waals surface area contributed by atoms with Gasteiger partial charge in [0.2, 0.25) is 0 Å². The van der Waals surface area contributed by atoms with Gasteiger partial charge >= 0.3 is 0 Å². The van der Waals surface area contributed by atoms with Gasteiger partial charge in [0.15, 0.2) is 0 Å². The second kappa shape index (κ2) is 6.77. The van der Waals surface area contributed by atoms with Crippen LogP contribution in [-0.2, 0) is 11.3 Å². The van der Waals surface area contributed by atoms with Crippen molar-refractivity contribution in [3.8, 4) is 11.4 Å². The molecule has 8 heteroatoms. The smallest absolute Gasteiger partial charge is 0.139 e. The quantitative estimate of drug-likeness (QED) is 0.752. The van der Waals surface area contributed by atoms with Gasteiger partial charge in [0.05, 0.1) is 24.9 Å². The molecule has 0 aliphatic carbocycles. The number of rotatable bonds is 3. The zero-order valence-corrected chi connectivity index (χ0v) is 16.7. The third kappa shape index (κ3) is 2.74. The molecule has 0 unspecified atom stereocenters. The van der Waals surface area contributed by atoms with Crippen LogP contribution in [-0.4, -0.2) is 63.3 Å². The van der Waals surface area contributed by atoms with Gasteiger partial charge in [-0.2, -0.15) is 10.2 Å². The maximum absolute atomic E-state index is 5.64. The van der Waals surface area contributed by atoms with E-state index in [1.165, 1.54) is 5.69 Å². The van der Waals surface area contributed by atoms with Gasteiger partial charge in [-0.15, -0.1) is 0 Å². The number of anilines is 2. The van der Waals surface area contributed by atoms with Crippen molar-refractivity contribution < 1.29 is 4.74 Å². The molecule has 1 N–H and O–H groups in total. The summed E-state index contributed by atoms with van der Waals surface area (Å²) in [6.07, 6.45) is 2.90. The zero-order valence-electron chi connectivity index (χ0n) is 16.7. The summed E-state index contributed by atoms with van der Waals surface area (Å²) in [5, 5.41) is 12.2. The maximum atomic E-state index is 5.64. The first-order valence-electron chi connectivity index (χ1n) is 10.2. The summed E-state index contributed by atoms with van der Waals surface area (Å²) in [6, 6.07) is 4.93. The van der Waals surface area contributed by atoms with Gasteiger partial charge in [0, 0.05) is 37.9 Å². The molecule has 1 atom stereocenters. The number of aromatic amines is 1. The Balaban J connectivity index is 1.76. The largest absolute Gasteiger partial charge is 0.377 e. The number of hydrogen-bond acceptors (Lipinski definition) is 6. The maximum Gasteiger partial charge on any atom is 0.139 e. The molecule has 0 spiro atoms. The summed E-state index contributed by atoms with van der Waals surface area (Å²) in [5.74, 6) is 1.00. The SMILES string of the molecule is CC(C)N1CCCn2nc(-c3cc[nH]n3)c3nc(N4CCOC[C@H]4C)cc1c32. The number of nitrogens with one attached hydrogen (secondary N) is 1. The highest BCUT2D eigenvalue weighted by atomic mass is 16.5. The molecule has 5 heterocycles. The van der Waals surface area contributed by atoms with E-state index in [-0.39, 0.29) is 0 Å². The molecule has 5 rings (SSSR count). The lowest BCUT2D eigenvalue weighted by Gasteiger charge is -2.35. The standard InChI is InChI=1S/C20H27N7O/c1-13(2)25-7-4-8-27-20-16(25)11-17(26-9-10-28-12-14(26)3)22-19(20)18(24-27)15-5-6-21-23-15/h5-6,11,13-14H,4,7-10,12H2,1-3H3,(H,21,23)/t14-/m1/s1. The number of H-pyrrole nitrogens is 1. The molecule has 28 heavy (non-hydrogen) atoms. The number of ether oxygens (including phenoxy) is 1. The van der Waals surface area contributed by atoms with Crippen LogP contribution in [0.1, 0.15) is 27.2 Å². The number of morpholine rings is 1. The number of pyridine rings is 1. The molecule has 0 bridgehead atoms. The summed E-state index contributed by atoms with van der Waals surface area (Å²) in [4.78, 5) is 9.95. The molecule has 1 fully saturated rings. The van der Waals surface area contributed by atoms with Crippen LogP contribution in [0.25, 0.3) is 22.4 Å². The van der Waals surface area contributed by atoms with Crippen molar-refractivity contribution in [1.82, 2.24) is 25.0 Å². The molecule has 0 radical (unpaired) electrons. The Labute approximate surface area is 164 Å². The monoisotopic (exact) mass is 381 g/mol.